The number of hydrogen-bond donors (Lipinski definition) is 0. The lowest BCUT2D eigenvalue weighted by Crippen LogP contribution is -2.41. The Bertz CT molecular complexity index is 995. The van der Waals surface area contributed by atoms with E-state index >= 15 is 0 Å². The molecule has 0 aliphatic rings. The van der Waals surface area contributed by atoms with Gasteiger partial charge in [-0.2, -0.15) is 0 Å². The molecule has 2 rings (SSSR count). The highest BCUT2D eigenvalue weighted by Crippen LogP contribution is 2.25. The lowest BCUT2D eigenvalue weighted by molar-refractivity contribution is -0.890. The zero-order valence-corrected chi connectivity index (χ0v) is 34.2. The Morgan fingerprint density at radius 3 is 0.960 bits per heavy atom. The van der Waals surface area contributed by atoms with Gasteiger partial charge < -0.3 is 28.2 Å². The molecule has 0 saturated heterocycles. The second-order valence-corrected chi connectivity index (χ2v) is 16.8. The van der Waals surface area contributed by atoms with Crippen LogP contribution in [0, 0.1) is 0 Å². The van der Waals surface area contributed by atoms with E-state index in [1.165, 1.54) is 140 Å². The monoisotopic (exact) mass is 697 g/mol. The van der Waals surface area contributed by atoms with Crippen LogP contribution in [-0.2, 0) is 0 Å². The lowest BCUT2D eigenvalue weighted by atomic mass is 10.1. The van der Waals surface area contributed by atoms with Crippen molar-refractivity contribution in [3.8, 4) is 22.6 Å². The molecule has 0 atom stereocenters. The third kappa shape index (κ3) is 22.6. The number of benzene rings is 2. The first-order valence-electron chi connectivity index (χ1n) is 20.4. The summed E-state index contributed by atoms with van der Waals surface area (Å²) in [5, 5.41) is 0. The minimum absolute atomic E-state index is 0.797. The smallest absolute Gasteiger partial charge is 0.119 e. The van der Waals surface area contributed by atoms with Gasteiger partial charge in [-0.05, 0) is 167 Å². The molecular formula is C44H80N4O2+2. The number of nitrogens with zero attached hydrogens (tertiary/aromatic N) is 4. The van der Waals surface area contributed by atoms with Crippen molar-refractivity contribution in [3.63, 3.8) is 0 Å². The van der Waals surface area contributed by atoms with Crippen molar-refractivity contribution in [1.82, 2.24) is 9.80 Å². The predicted octanol–water partition coefficient (Wildman–Crippen LogP) is 9.63. The molecule has 0 bridgehead atoms. The van der Waals surface area contributed by atoms with Crippen LogP contribution >= 0.6 is 0 Å². The van der Waals surface area contributed by atoms with E-state index in [4.69, 9.17) is 9.47 Å². The summed E-state index contributed by atoms with van der Waals surface area (Å²) in [4.78, 5) is 4.58. The van der Waals surface area contributed by atoms with Gasteiger partial charge in [0.2, 0.25) is 0 Å². The van der Waals surface area contributed by atoms with Crippen LogP contribution in [0.5, 0.6) is 11.5 Å². The zero-order valence-electron chi connectivity index (χ0n) is 34.2. The summed E-state index contributed by atoms with van der Waals surface area (Å²) in [6.07, 6.45) is 20.8. The van der Waals surface area contributed by atoms with Crippen molar-refractivity contribution in [2.75, 3.05) is 109 Å². The highest BCUT2D eigenvalue weighted by Gasteiger charge is 2.15. The fourth-order valence-electron chi connectivity index (χ4n) is 6.72. The third-order valence-corrected chi connectivity index (χ3v) is 10.1. The van der Waals surface area contributed by atoms with Crippen LogP contribution in [0.1, 0.15) is 103 Å². The lowest BCUT2D eigenvalue weighted by Gasteiger charge is -2.30. The largest absolute Gasteiger partial charge is 0.494 e. The summed E-state index contributed by atoms with van der Waals surface area (Å²) in [6, 6.07) is 17.1. The van der Waals surface area contributed by atoms with Crippen LogP contribution in [0.4, 0.5) is 0 Å². The van der Waals surface area contributed by atoms with Crippen molar-refractivity contribution in [3.05, 3.63) is 48.5 Å². The number of hydrogen-bond acceptors (Lipinski definition) is 4. The Labute approximate surface area is 310 Å². The number of rotatable bonds is 31. The van der Waals surface area contributed by atoms with E-state index in [-0.39, 0.29) is 0 Å². The standard InChI is InChI=1S/C44H80N4O2/c1-45(2)33-17-9-11-19-35-47(5,6)37-21-13-15-23-39-49-43-29-25-41(26-30-43)42-27-31-44(32-28-42)50-40-24-16-14-22-38-48(7,8)36-20-12-10-18-34-46(3)4/h25-32H,9-24,33-40H2,1-8H3/q+2. The Hall–Kier alpha value is -2.12. The van der Waals surface area contributed by atoms with E-state index in [2.05, 4.69) is 115 Å². The third-order valence-electron chi connectivity index (χ3n) is 10.1. The van der Waals surface area contributed by atoms with E-state index in [0.29, 0.717) is 0 Å². The zero-order chi connectivity index (χ0) is 36.5. The summed E-state index contributed by atoms with van der Waals surface area (Å²) in [5.74, 6) is 1.93. The quantitative estimate of drug-likeness (QED) is 0.0579. The maximum absolute atomic E-state index is 6.06. The summed E-state index contributed by atoms with van der Waals surface area (Å²) >= 11 is 0. The van der Waals surface area contributed by atoms with E-state index < -0.39 is 0 Å². The van der Waals surface area contributed by atoms with Gasteiger partial charge in [0.25, 0.3) is 0 Å². The molecular weight excluding hydrogens is 617 g/mol. The molecule has 0 spiro atoms. The fourth-order valence-corrected chi connectivity index (χ4v) is 6.72. The highest BCUT2D eigenvalue weighted by atomic mass is 16.5. The predicted molar refractivity (Wildman–Crippen MR) is 218 cm³/mol. The SMILES string of the molecule is CN(C)CCCCCC[N+](C)(C)CCCCCCOc1ccc(-c2ccc(OCCCCCC[N+](C)(C)CCCCCCN(C)C)cc2)cc1. The van der Waals surface area contributed by atoms with E-state index in [1.807, 2.05) is 0 Å². The fraction of sp³-hybridized carbons (Fsp3) is 0.727. The Balaban J connectivity index is 1.50. The summed E-state index contributed by atoms with van der Waals surface area (Å²) < 4.78 is 14.4. The second kappa shape index (κ2) is 25.8. The molecule has 0 saturated carbocycles. The maximum Gasteiger partial charge on any atom is 0.119 e. The van der Waals surface area contributed by atoms with Crippen molar-refractivity contribution < 1.29 is 18.4 Å². The molecule has 0 amide bonds. The van der Waals surface area contributed by atoms with Crippen molar-refractivity contribution in [2.24, 2.45) is 0 Å². The van der Waals surface area contributed by atoms with Crippen LogP contribution in [-0.4, -0.2) is 128 Å². The average molecular weight is 697 g/mol. The molecule has 0 radical (unpaired) electrons. The maximum atomic E-state index is 6.06. The van der Waals surface area contributed by atoms with Gasteiger partial charge in [0.1, 0.15) is 11.5 Å². The van der Waals surface area contributed by atoms with E-state index in [9.17, 15) is 0 Å². The summed E-state index contributed by atoms with van der Waals surface area (Å²) in [5.41, 5.74) is 2.42. The number of unbranched alkanes of at least 4 members (excludes halogenated alkanes) is 12. The van der Waals surface area contributed by atoms with Crippen LogP contribution in [0.25, 0.3) is 11.1 Å². The van der Waals surface area contributed by atoms with Crippen LogP contribution in [0.15, 0.2) is 48.5 Å². The van der Waals surface area contributed by atoms with Crippen molar-refractivity contribution in [1.29, 1.82) is 0 Å². The van der Waals surface area contributed by atoms with E-state index in [1.54, 1.807) is 0 Å². The van der Waals surface area contributed by atoms with Gasteiger partial charge in [-0.3, -0.25) is 0 Å². The van der Waals surface area contributed by atoms with Gasteiger partial charge in [-0.1, -0.05) is 37.1 Å². The highest BCUT2D eigenvalue weighted by molar-refractivity contribution is 5.64. The molecule has 0 aromatic heterocycles. The molecule has 6 nitrogen and oxygen atoms in total. The normalized spacial score (nSPS) is 12.3. The van der Waals surface area contributed by atoms with Crippen molar-refractivity contribution in [2.45, 2.75) is 103 Å². The van der Waals surface area contributed by atoms with Gasteiger partial charge in [0.05, 0.1) is 67.6 Å². The van der Waals surface area contributed by atoms with Gasteiger partial charge in [0.15, 0.2) is 0 Å². The molecule has 0 fully saturated rings. The molecule has 0 aliphatic carbocycles. The molecule has 0 N–H and O–H groups in total. The second-order valence-electron chi connectivity index (χ2n) is 16.8. The number of quaternary nitrogens is 2. The minimum atomic E-state index is 0.797. The Morgan fingerprint density at radius 2 is 0.660 bits per heavy atom. The van der Waals surface area contributed by atoms with Crippen LogP contribution in [0.3, 0.4) is 0 Å². The molecule has 2 aromatic carbocycles. The van der Waals surface area contributed by atoms with Gasteiger partial charge in [-0.15, -0.1) is 0 Å². The molecule has 50 heavy (non-hydrogen) atoms. The molecule has 0 aliphatic heterocycles. The first-order valence-corrected chi connectivity index (χ1v) is 20.4. The summed E-state index contributed by atoms with van der Waals surface area (Å²) in [7, 11) is 18.3. The molecule has 2 aromatic rings. The van der Waals surface area contributed by atoms with E-state index in [0.717, 1.165) is 46.5 Å². The van der Waals surface area contributed by atoms with Crippen molar-refractivity contribution >= 4 is 0 Å². The Morgan fingerprint density at radius 1 is 0.380 bits per heavy atom. The molecule has 6 heteroatoms. The first kappa shape index (κ1) is 44.0. The van der Waals surface area contributed by atoms with Gasteiger partial charge in [-0.25, -0.2) is 0 Å². The molecule has 0 heterocycles. The van der Waals surface area contributed by atoms with Gasteiger partial charge in [0, 0.05) is 0 Å². The average Bonchev–Trinajstić information content (AvgIpc) is 3.07. The van der Waals surface area contributed by atoms with Gasteiger partial charge >= 0.3 is 0 Å². The Kier molecular flexibility index (Phi) is 22.7. The van der Waals surface area contributed by atoms with Crippen LogP contribution < -0.4 is 9.47 Å². The topological polar surface area (TPSA) is 24.9 Å². The number of ether oxygens (including phenoxy) is 2. The van der Waals surface area contributed by atoms with Crippen LogP contribution in [0.2, 0.25) is 0 Å². The molecule has 286 valence electrons. The minimum Gasteiger partial charge on any atom is -0.494 e. The molecule has 0 unspecified atom stereocenters. The summed E-state index contributed by atoms with van der Waals surface area (Å²) in [6.45, 7) is 9.20. The first-order chi connectivity index (χ1) is 24.0.